The van der Waals surface area contributed by atoms with Crippen LogP contribution < -0.4 is 5.32 Å². The Bertz CT molecular complexity index is 609. The molecule has 0 saturated carbocycles. The van der Waals surface area contributed by atoms with Crippen LogP contribution in [0, 0.1) is 5.82 Å². The summed E-state index contributed by atoms with van der Waals surface area (Å²) in [6, 6.07) is 1.87. The fraction of sp³-hybridized carbons (Fsp3) is 0.429. The molecule has 19 heavy (non-hydrogen) atoms. The highest BCUT2D eigenvalue weighted by Gasteiger charge is 2.20. The van der Waals surface area contributed by atoms with E-state index in [0.29, 0.717) is 34.4 Å². The minimum Gasteiger partial charge on any atom is -0.458 e. The molecular formula is C14H16BrClFNO. The molecule has 1 aromatic heterocycles. The summed E-state index contributed by atoms with van der Waals surface area (Å²) >= 11 is 9.27. The largest absolute Gasteiger partial charge is 0.458 e. The molecule has 1 N–H and O–H groups in total. The van der Waals surface area contributed by atoms with Crippen LogP contribution in [0.1, 0.15) is 32.1 Å². The minimum atomic E-state index is -0.406. The summed E-state index contributed by atoms with van der Waals surface area (Å²) < 4.78 is 20.7. The van der Waals surface area contributed by atoms with Crippen molar-refractivity contribution < 1.29 is 8.81 Å². The van der Waals surface area contributed by atoms with Crippen LogP contribution in [-0.2, 0) is 13.0 Å². The van der Waals surface area contributed by atoms with Crippen LogP contribution in [0.15, 0.2) is 15.0 Å². The van der Waals surface area contributed by atoms with Gasteiger partial charge in [-0.05, 0) is 28.4 Å². The lowest BCUT2D eigenvalue weighted by Crippen LogP contribution is -2.22. The van der Waals surface area contributed by atoms with Gasteiger partial charge in [0.15, 0.2) is 11.4 Å². The molecule has 0 spiro atoms. The highest BCUT2D eigenvalue weighted by molar-refractivity contribution is 9.10. The molecule has 0 atom stereocenters. The van der Waals surface area contributed by atoms with Crippen molar-refractivity contribution in [3.8, 4) is 0 Å². The van der Waals surface area contributed by atoms with Gasteiger partial charge >= 0.3 is 0 Å². The number of nitrogens with one attached hydrogen (secondary N) is 1. The minimum absolute atomic E-state index is 0.109. The van der Waals surface area contributed by atoms with Gasteiger partial charge in [0.1, 0.15) is 5.76 Å². The molecule has 0 bridgehead atoms. The first-order valence-corrected chi connectivity index (χ1v) is 7.43. The molecule has 0 aliphatic carbocycles. The van der Waals surface area contributed by atoms with E-state index in [1.807, 2.05) is 6.92 Å². The second kappa shape index (κ2) is 5.81. The Balaban J connectivity index is 2.61. The molecule has 104 valence electrons. The molecule has 0 radical (unpaired) electrons. The predicted octanol–water partition coefficient (Wildman–Crippen LogP) is 5.05. The van der Waals surface area contributed by atoms with Gasteiger partial charge in [-0.3, -0.25) is 0 Å². The molecule has 0 amide bonds. The molecule has 2 aromatic rings. The van der Waals surface area contributed by atoms with Crippen molar-refractivity contribution in [2.45, 2.75) is 39.8 Å². The zero-order chi connectivity index (χ0) is 14.2. The predicted molar refractivity (Wildman–Crippen MR) is 80.2 cm³/mol. The molecule has 0 fully saturated rings. The van der Waals surface area contributed by atoms with Gasteiger partial charge in [0.05, 0.1) is 21.4 Å². The van der Waals surface area contributed by atoms with Crippen molar-refractivity contribution in [2.75, 3.05) is 0 Å². The third kappa shape index (κ3) is 2.81. The lowest BCUT2D eigenvalue weighted by atomic mass is 10.1. The van der Waals surface area contributed by atoms with Gasteiger partial charge < -0.3 is 9.73 Å². The summed E-state index contributed by atoms with van der Waals surface area (Å²) in [7, 11) is 0. The average Bonchev–Trinajstić information content (AvgIpc) is 2.72. The summed E-state index contributed by atoms with van der Waals surface area (Å²) in [6.07, 6.45) is 0.700. The van der Waals surface area contributed by atoms with Crippen LogP contribution in [0.5, 0.6) is 0 Å². The van der Waals surface area contributed by atoms with Gasteiger partial charge in [-0.1, -0.05) is 32.4 Å². The van der Waals surface area contributed by atoms with Gasteiger partial charge in [-0.25, -0.2) is 4.39 Å². The first-order valence-electron chi connectivity index (χ1n) is 6.26. The van der Waals surface area contributed by atoms with Crippen LogP contribution in [0.4, 0.5) is 4.39 Å². The summed E-state index contributed by atoms with van der Waals surface area (Å²) in [5, 5.41) is 3.88. The molecule has 0 unspecified atom stereocenters. The van der Waals surface area contributed by atoms with Crippen LogP contribution >= 0.6 is 27.5 Å². The average molecular weight is 349 g/mol. The van der Waals surface area contributed by atoms with Crippen molar-refractivity contribution in [2.24, 2.45) is 0 Å². The van der Waals surface area contributed by atoms with Gasteiger partial charge in [0, 0.05) is 11.6 Å². The van der Waals surface area contributed by atoms with Crippen LogP contribution in [0.2, 0.25) is 5.02 Å². The van der Waals surface area contributed by atoms with Crippen molar-refractivity contribution in [3.63, 3.8) is 0 Å². The maximum absolute atomic E-state index is 14.2. The molecular weight excluding hydrogens is 333 g/mol. The lowest BCUT2D eigenvalue weighted by Gasteiger charge is -2.06. The number of aryl methyl sites for hydroxylation is 1. The first kappa shape index (κ1) is 14.8. The van der Waals surface area contributed by atoms with E-state index in [1.165, 1.54) is 6.07 Å². The zero-order valence-corrected chi connectivity index (χ0v) is 13.5. The number of benzene rings is 1. The lowest BCUT2D eigenvalue weighted by molar-refractivity contribution is 0.483. The summed E-state index contributed by atoms with van der Waals surface area (Å²) in [5.74, 6) is 0.365. The standard InChI is InChI=1S/C14H16BrClFNO/c1-4-8-11(6-18-7(2)3)19-14-9(15)5-10(16)13(17)12(8)14/h5,7,18H,4,6H2,1-3H3. The van der Waals surface area contributed by atoms with E-state index in [4.69, 9.17) is 16.0 Å². The Labute approximate surface area is 125 Å². The number of hydrogen-bond acceptors (Lipinski definition) is 2. The molecule has 0 aliphatic rings. The third-order valence-corrected chi connectivity index (χ3v) is 3.88. The summed E-state index contributed by atoms with van der Waals surface area (Å²) in [4.78, 5) is 0. The van der Waals surface area contributed by atoms with E-state index >= 15 is 0 Å². The fourth-order valence-corrected chi connectivity index (χ4v) is 2.93. The van der Waals surface area contributed by atoms with Crippen molar-refractivity contribution in [1.82, 2.24) is 5.32 Å². The Kier molecular flexibility index (Phi) is 4.54. The Morgan fingerprint density at radius 1 is 1.47 bits per heavy atom. The third-order valence-electron chi connectivity index (χ3n) is 3.01. The van der Waals surface area contributed by atoms with E-state index in [2.05, 4.69) is 35.1 Å². The number of fused-ring (bicyclic) bond motifs is 1. The smallest absolute Gasteiger partial charge is 0.153 e. The van der Waals surface area contributed by atoms with E-state index in [-0.39, 0.29) is 5.02 Å². The Morgan fingerprint density at radius 3 is 2.74 bits per heavy atom. The molecule has 2 rings (SSSR count). The number of hydrogen-bond donors (Lipinski definition) is 1. The summed E-state index contributed by atoms with van der Waals surface area (Å²) in [5.41, 5.74) is 1.41. The normalized spacial score (nSPS) is 11.7. The van der Waals surface area contributed by atoms with E-state index in [1.54, 1.807) is 0 Å². The van der Waals surface area contributed by atoms with Crippen molar-refractivity contribution >= 4 is 38.5 Å². The SMILES string of the molecule is CCc1c(CNC(C)C)oc2c(Br)cc(Cl)c(F)c12. The fourth-order valence-electron chi connectivity index (χ4n) is 2.09. The van der Waals surface area contributed by atoms with Gasteiger partial charge in [-0.2, -0.15) is 0 Å². The first-order chi connectivity index (χ1) is 8.95. The molecule has 1 aromatic carbocycles. The second-order valence-electron chi connectivity index (χ2n) is 4.75. The van der Waals surface area contributed by atoms with Crippen molar-refractivity contribution in [3.05, 3.63) is 32.7 Å². The van der Waals surface area contributed by atoms with Crippen molar-refractivity contribution in [1.29, 1.82) is 0 Å². The second-order valence-corrected chi connectivity index (χ2v) is 6.01. The Morgan fingerprint density at radius 2 is 2.16 bits per heavy atom. The molecule has 5 heteroatoms. The van der Waals surface area contributed by atoms with E-state index in [0.717, 1.165) is 11.3 Å². The Hall–Kier alpha value is -0.580. The monoisotopic (exact) mass is 347 g/mol. The summed E-state index contributed by atoms with van der Waals surface area (Å²) in [6.45, 7) is 6.68. The highest BCUT2D eigenvalue weighted by atomic mass is 79.9. The molecule has 1 heterocycles. The number of halogens is 3. The quantitative estimate of drug-likeness (QED) is 0.782. The number of rotatable bonds is 4. The van der Waals surface area contributed by atoms with Crippen LogP contribution in [0.3, 0.4) is 0 Å². The maximum Gasteiger partial charge on any atom is 0.153 e. The van der Waals surface area contributed by atoms with Gasteiger partial charge in [0.25, 0.3) is 0 Å². The van der Waals surface area contributed by atoms with Gasteiger partial charge in [-0.15, -0.1) is 0 Å². The van der Waals surface area contributed by atoms with Crippen LogP contribution in [0.25, 0.3) is 11.0 Å². The highest BCUT2D eigenvalue weighted by Crippen LogP contribution is 2.37. The van der Waals surface area contributed by atoms with E-state index in [9.17, 15) is 4.39 Å². The topological polar surface area (TPSA) is 25.2 Å². The molecule has 0 aliphatic heterocycles. The molecule has 0 saturated heterocycles. The van der Waals surface area contributed by atoms with Crippen LogP contribution in [-0.4, -0.2) is 6.04 Å². The number of furan rings is 1. The molecule has 2 nitrogen and oxygen atoms in total. The maximum atomic E-state index is 14.2. The van der Waals surface area contributed by atoms with Gasteiger partial charge in [0.2, 0.25) is 0 Å². The zero-order valence-electron chi connectivity index (χ0n) is 11.1. The van der Waals surface area contributed by atoms with E-state index < -0.39 is 5.82 Å².